The Bertz CT molecular complexity index is 471. The van der Waals surface area contributed by atoms with Crippen molar-refractivity contribution < 1.29 is 0 Å². The fraction of sp³-hybridized carbons (Fsp3) is 0.417. The van der Waals surface area contributed by atoms with Crippen LogP contribution in [0.15, 0.2) is 18.2 Å². The van der Waals surface area contributed by atoms with Crippen molar-refractivity contribution in [3.63, 3.8) is 0 Å². The number of para-hydroxylation sites is 1. The van der Waals surface area contributed by atoms with Gasteiger partial charge in [-0.2, -0.15) is 0 Å². The van der Waals surface area contributed by atoms with Crippen molar-refractivity contribution in [2.45, 2.75) is 19.8 Å². The number of nitrogens with two attached hydrogens (primary N) is 1. The van der Waals surface area contributed by atoms with Gasteiger partial charge in [-0.3, -0.25) is 0 Å². The first kappa shape index (κ1) is 10.2. The van der Waals surface area contributed by atoms with E-state index >= 15 is 0 Å². The van der Waals surface area contributed by atoms with Crippen LogP contribution in [0.4, 0.5) is 0 Å². The Hall–Kier alpha value is -1.35. The van der Waals surface area contributed by atoms with Gasteiger partial charge in [0.15, 0.2) is 0 Å². The van der Waals surface area contributed by atoms with Gasteiger partial charge in [-0.25, -0.2) is 4.98 Å². The SMILES string of the molecule is Cc1cccc2c1nc(CCCN)n2C. The van der Waals surface area contributed by atoms with Crippen LogP contribution >= 0.6 is 0 Å². The van der Waals surface area contributed by atoms with Crippen LogP contribution in [0.25, 0.3) is 11.0 Å². The van der Waals surface area contributed by atoms with Crippen LogP contribution in [0.5, 0.6) is 0 Å². The van der Waals surface area contributed by atoms with Crippen LogP contribution in [0.3, 0.4) is 0 Å². The average molecular weight is 203 g/mol. The number of aromatic nitrogens is 2. The molecule has 2 N–H and O–H groups in total. The minimum absolute atomic E-state index is 0.724. The number of benzene rings is 1. The maximum atomic E-state index is 5.51. The fourth-order valence-corrected chi connectivity index (χ4v) is 1.89. The normalized spacial score (nSPS) is 11.1. The second kappa shape index (κ2) is 4.03. The molecule has 1 aromatic carbocycles. The number of nitrogens with zero attached hydrogens (tertiary/aromatic N) is 2. The van der Waals surface area contributed by atoms with Gasteiger partial charge < -0.3 is 10.3 Å². The van der Waals surface area contributed by atoms with Crippen LogP contribution < -0.4 is 5.73 Å². The van der Waals surface area contributed by atoms with Crippen molar-refractivity contribution >= 4 is 11.0 Å². The van der Waals surface area contributed by atoms with Gasteiger partial charge in [-0.1, -0.05) is 12.1 Å². The molecule has 0 fully saturated rings. The zero-order valence-electron chi connectivity index (χ0n) is 9.33. The molecule has 0 amide bonds. The maximum absolute atomic E-state index is 5.51. The summed E-state index contributed by atoms with van der Waals surface area (Å²) in [7, 11) is 2.07. The van der Waals surface area contributed by atoms with Crippen LogP contribution in [0.2, 0.25) is 0 Å². The van der Waals surface area contributed by atoms with Crippen molar-refractivity contribution in [2.24, 2.45) is 12.8 Å². The van der Waals surface area contributed by atoms with E-state index in [0.29, 0.717) is 0 Å². The molecule has 1 heterocycles. The Morgan fingerprint density at radius 1 is 1.40 bits per heavy atom. The third-order valence-corrected chi connectivity index (χ3v) is 2.81. The Morgan fingerprint density at radius 3 is 2.87 bits per heavy atom. The summed E-state index contributed by atoms with van der Waals surface area (Å²) in [6.45, 7) is 2.82. The van der Waals surface area contributed by atoms with E-state index in [1.807, 2.05) is 0 Å². The first-order valence-corrected chi connectivity index (χ1v) is 5.35. The highest BCUT2D eigenvalue weighted by Crippen LogP contribution is 2.18. The molecule has 1 aromatic heterocycles. The largest absolute Gasteiger partial charge is 0.331 e. The van der Waals surface area contributed by atoms with Crippen molar-refractivity contribution in [1.29, 1.82) is 0 Å². The summed E-state index contributed by atoms with van der Waals surface area (Å²) in [5, 5.41) is 0. The molecule has 0 aliphatic heterocycles. The maximum Gasteiger partial charge on any atom is 0.109 e. The van der Waals surface area contributed by atoms with Crippen LogP contribution in [0, 0.1) is 6.92 Å². The summed E-state index contributed by atoms with van der Waals surface area (Å²) >= 11 is 0. The molecule has 3 nitrogen and oxygen atoms in total. The van der Waals surface area contributed by atoms with Crippen molar-refractivity contribution in [3.05, 3.63) is 29.6 Å². The lowest BCUT2D eigenvalue weighted by molar-refractivity contribution is 0.741. The first-order valence-electron chi connectivity index (χ1n) is 5.35. The Kier molecular flexibility index (Phi) is 2.73. The molecule has 0 aliphatic rings. The summed E-state index contributed by atoms with van der Waals surface area (Å²) < 4.78 is 2.16. The van der Waals surface area contributed by atoms with Gasteiger partial charge in [0.25, 0.3) is 0 Å². The van der Waals surface area contributed by atoms with Gasteiger partial charge in [0.2, 0.25) is 0 Å². The summed E-state index contributed by atoms with van der Waals surface area (Å²) in [6.07, 6.45) is 1.96. The summed E-state index contributed by atoms with van der Waals surface area (Å²) in [5.41, 5.74) is 9.08. The van der Waals surface area contributed by atoms with Gasteiger partial charge in [-0.05, 0) is 31.5 Å². The smallest absolute Gasteiger partial charge is 0.109 e. The number of hydrogen-bond donors (Lipinski definition) is 1. The van der Waals surface area contributed by atoms with E-state index in [0.717, 1.165) is 30.7 Å². The van der Waals surface area contributed by atoms with Gasteiger partial charge in [-0.15, -0.1) is 0 Å². The standard InChI is InChI=1S/C12H17N3/c1-9-5-3-6-10-12(9)14-11(15(10)2)7-4-8-13/h3,5-6H,4,7-8,13H2,1-2H3. The van der Waals surface area contributed by atoms with Gasteiger partial charge in [0.05, 0.1) is 11.0 Å². The average Bonchev–Trinajstić information content (AvgIpc) is 2.55. The van der Waals surface area contributed by atoms with E-state index in [4.69, 9.17) is 5.73 Å². The van der Waals surface area contributed by atoms with E-state index < -0.39 is 0 Å². The highest BCUT2D eigenvalue weighted by Gasteiger charge is 2.07. The number of rotatable bonds is 3. The van der Waals surface area contributed by atoms with Crippen molar-refractivity contribution in [1.82, 2.24) is 9.55 Å². The molecule has 0 spiro atoms. The van der Waals surface area contributed by atoms with Gasteiger partial charge in [0, 0.05) is 13.5 Å². The molecule has 2 rings (SSSR count). The number of hydrogen-bond acceptors (Lipinski definition) is 2. The molecule has 0 unspecified atom stereocenters. The van der Waals surface area contributed by atoms with E-state index in [2.05, 4.69) is 41.7 Å². The van der Waals surface area contributed by atoms with E-state index in [-0.39, 0.29) is 0 Å². The molecule has 0 saturated carbocycles. The van der Waals surface area contributed by atoms with Crippen LogP contribution in [-0.4, -0.2) is 16.1 Å². The molecule has 2 aromatic rings. The lowest BCUT2D eigenvalue weighted by Crippen LogP contribution is -2.04. The summed E-state index contributed by atoms with van der Waals surface area (Å²) in [5.74, 6) is 1.13. The minimum atomic E-state index is 0.724. The number of fused-ring (bicyclic) bond motifs is 1. The van der Waals surface area contributed by atoms with Crippen molar-refractivity contribution in [3.8, 4) is 0 Å². The zero-order valence-corrected chi connectivity index (χ0v) is 9.33. The van der Waals surface area contributed by atoms with Gasteiger partial charge >= 0.3 is 0 Å². The van der Waals surface area contributed by atoms with Crippen LogP contribution in [0.1, 0.15) is 17.8 Å². The van der Waals surface area contributed by atoms with E-state index in [1.54, 1.807) is 0 Å². The topological polar surface area (TPSA) is 43.8 Å². The van der Waals surface area contributed by atoms with Crippen molar-refractivity contribution in [2.75, 3.05) is 6.54 Å². The molecule has 0 aliphatic carbocycles. The molecular weight excluding hydrogens is 186 g/mol. The lowest BCUT2D eigenvalue weighted by atomic mass is 10.2. The third-order valence-electron chi connectivity index (χ3n) is 2.81. The molecule has 0 saturated heterocycles. The Balaban J connectivity index is 2.49. The minimum Gasteiger partial charge on any atom is -0.331 e. The Labute approximate surface area is 89.9 Å². The predicted molar refractivity (Wildman–Crippen MR) is 62.8 cm³/mol. The zero-order chi connectivity index (χ0) is 10.8. The van der Waals surface area contributed by atoms with E-state index in [1.165, 1.54) is 11.1 Å². The molecule has 80 valence electrons. The van der Waals surface area contributed by atoms with E-state index in [9.17, 15) is 0 Å². The molecule has 0 atom stereocenters. The van der Waals surface area contributed by atoms with Gasteiger partial charge in [0.1, 0.15) is 5.82 Å². The number of imidazole rings is 1. The summed E-state index contributed by atoms with van der Waals surface area (Å²) in [6, 6.07) is 6.29. The second-order valence-electron chi connectivity index (χ2n) is 3.92. The Morgan fingerprint density at radius 2 is 2.20 bits per heavy atom. The molecule has 0 radical (unpaired) electrons. The highest BCUT2D eigenvalue weighted by atomic mass is 15.1. The quantitative estimate of drug-likeness (QED) is 0.826. The number of aryl methyl sites for hydroxylation is 3. The highest BCUT2D eigenvalue weighted by molar-refractivity contribution is 5.79. The fourth-order valence-electron chi connectivity index (χ4n) is 1.89. The monoisotopic (exact) mass is 203 g/mol. The third kappa shape index (κ3) is 1.75. The molecule has 3 heteroatoms. The molecular formula is C12H17N3. The second-order valence-corrected chi connectivity index (χ2v) is 3.92. The summed E-state index contributed by atoms with van der Waals surface area (Å²) in [4.78, 5) is 4.66. The first-order chi connectivity index (χ1) is 7.24. The molecule has 15 heavy (non-hydrogen) atoms. The van der Waals surface area contributed by atoms with Crippen LogP contribution in [-0.2, 0) is 13.5 Å². The lowest BCUT2D eigenvalue weighted by Gasteiger charge is -2.00. The molecule has 0 bridgehead atoms. The predicted octanol–water partition coefficient (Wildman–Crippen LogP) is 1.77.